The number of benzene rings is 2. The fourth-order valence-electron chi connectivity index (χ4n) is 2.14. The Labute approximate surface area is 126 Å². The number of carbonyl (C=O) groups is 1. The summed E-state index contributed by atoms with van der Waals surface area (Å²) in [7, 11) is 0. The zero-order valence-electron chi connectivity index (χ0n) is 11.1. The Hall–Kier alpha value is -2.07. The first-order valence-electron chi connectivity index (χ1n) is 6.54. The molecular weight excluding hydrogens is 295 g/mol. The topological polar surface area (TPSA) is 35.5 Å². The van der Waals surface area contributed by atoms with Crippen molar-refractivity contribution >= 4 is 17.4 Å². The van der Waals surface area contributed by atoms with Crippen LogP contribution in [-0.2, 0) is 0 Å². The second-order valence-electron chi connectivity index (χ2n) is 4.67. The van der Waals surface area contributed by atoms with Crippen LogP contribution < -0.4 is 9.47 Å². The van der Waals surface area contributed by atoms with E-state index in [9.17, 15) is 9.18 Å². The van der Waals surface area contributed by atoms with Crippen molar-refractivity contribution in [3.05, 3.63) is 58.4 Å². The predicted octanol–water partition coefficient (Wildman–Crippen LogP) is 3.87. The van der Waals surface area contributed by atoms with E-state index in [1.807, 2.05) is 0 Å². The van der Waals surface area contributed by atoms with E-state index in [-0.39, 0.29) is 21.9 Å². The molecule has 0 amide bonds. The Morgan fingerprint density at radius 3 is 2.52 bits per heavy atom. The lowest BCUT2D eigenvalue weighted by atomic mass is 10.0. The zero-order chi connectivity index (χ0) is 14.8. The van der Waals surface area contributed by atoms with E-state index in [0.29, 0.717) is 24.7 Å². The molecule has 0 unspecified atom stereocenters. The van der Waals surface area contributed by atoms with Gasteiger partial charge in [0.2, 0.25) is 0 Å². The summed E-state index contributed by atoms with van der Waals surface area (Å²) in [6, 6.07) is 8.61. The van der Waals surface area contributed by atoms with Crippen molar-refractivity contribution in [1.29, 1.82) is 0 Å². The van der Waals surface area contributed by atoms with Gasteiger partial charge in [-0.3, -0.25) is 4.79 Å². The zero-order valence-corrected chi connectivity index (χ0v) is 11.8. The van der Waals surface area contributed by atoms with Gasteiger partial charge in [0.15, 0.2) is 17.3 Å². The third kappa shape index (κ3) is 2.85. The van der Waals surface area contributed by atoms with Crippen molar-refractivity contribution in [2.24, 2.45) is 0 Å². The van der Waals surface area contributed by atoms with Crippen LogP contribution in [0.5, 0.6) is 11.5 Å². The molecular formula is C16H12ClFO3. The number of hydrogen-bond acceptors (Lipinski definition) is 3. The van der Waals surface area contributed by atoms with Gasteiger partial charge < -0.3 is 9.47 Å². The van der Waals surface area contributed by atoms with Gasteiger partial charge in [0.05, 0.1) is 18.2 Å². The molecule has 0 aromatic heterocycles. The molecule has 0 saturated heterocycles. The Morgan fingerprint density at radius 2 is 1.81 bits per heavy atom. The minimum absolute atomic E-state index is 0.242. The smallest absolute Gasteiger partial charge is 0.194 e. The number of ether oxygens (including phenoxy) is 2. The van der Waals surface area contributed by atoms with Crippen LogP contribution in [0.2, 0.25) is 5.02 Å². The fourth-order valence-corrected chi connectivity index (χ4v) is 2.38. The van der Waals surface area contributed by atoms with Crippen LogP contribution in [0.3, 0.4) is 0 Å². The van der Waals surface area contributed by atoms with Crippen molar-refractivity contribution in [3.63, 3.8) is 0 Å². The molecule has 2 aromatic rings. The molecule has 0 atom stereocenters. The maximum atomic E-state index is 13.2. The Kier molecular flexibility index (Phi) is 3.80. The molecule has 108 valence electrons. The van der Waals surface area contributed by atoms with Gasteiger partial charge in [0, 0.05) is 23.6 Å². The van der Waals surface area contributed by atoms with E-state index in [0.717, 1.165) is 6.42 Å². The third-order valence-corrected chi connectivity index (χ3v) is 3.48. The van der Waals surface area contributed by atoms with Crippen molar-refractivity contribution in [3.8, 4) is 11.5 Å². The minimum atomic E-state index is -0.466. The largest absolute Gasteiger partial charge is 0.490 e. The van der Waals surface area contributed by atoms with Gasteiger partial charge in [0.25, 0.3) is 0 Å². The van der Waals surface area contributed by atoms with E-state index < -0.39 is 5.82 Å². The summed E-state index contributed by atoms with van der Waals surface area (Å²) < 4.78 is 24.3. The second kappa shape index (κ2) is 5.74. The Balaban J connectivity index is 2.02. The van der Waals surface area contributed by atoms with Gasteiger partial charge in [0.1, 0.15) is 5.82 Å². The Bertz CT molecular complexity index is 700. The number of ketones is 1. The first kappa shape index (κ1) is 13.9. The second-order valence-corrected chi connectivity index (χ2v) is 5.08. The molecule has 2 aromatic carbocycles. The molecule has 3 nitrogen and oxygen atoms in total. The molecule has 0 N–H and O–H groups in total. The lowest BCUT2D eigenvalue weighted by Crippen LogP contribution is -2.04. The monoisotopic (exact) mass is 306 g/mol. The third-order valence-electron chi connectivity index (χ3n) is 3.17. The van der Waals surface area contributed by atoms with Gasteiger partial charge in [-0.2, -0.15) is 0 Å². The number of fused-ring (bicyclic) bond motifs is 1. The molecule has 21 heavy (non-hydrogen) atoms. The van der Waals surface area contributed by atoms with Crippen LogP contribution in [0, 0.1) is 5.82 Å². The molecule has 3 rings (SSSR count). The van der Waals surface area contributed by atoms with Gasteiger partial charge >= 0.3 is 0 Å². The fraction of sp³-hybridized carbons (Fsp3) is 0.188. The van der Waals surface area contributed by atoms with Crippen LogP contribution in [0.25, 0.3) is 0 Å². The standard InChI is InChI=1S/C16H12ClFO3/c17-13-9-15-14(20-5-2-6-21-15)8-12(13)16(19)10-3-1-4-11(18)7-10/h1,3-4,7-9H,2,5-6H2. The number of hydrogen-bond donors (Lipinski definition) is 0. The molecule has 1 aliphatic rings. The lowest BCUT2D eigenvalue weighted by molar-refractivity contribution is 0.103. The van der Waals surface area contributed by atoms with E-state index >= 15 is 0 Å². The summed E-state index contributed by atoms with van der Waals surface area (Å²) in [5, 5.41) is 0.258. The summed E-state index contributed by atoms with van der Waals surface area (Å²) in [4.78, 5) is 12.4. The van der Waals surface area contributed by atoms with E-state index in [1.165, 1.54) is 18.2 Å². The molecule has 1 aliphatic heterocycles. The molecule has 5 heteroatoms. The summed E-state index contributed by atoms with van der Waals surface area (Å²) >= 11 is 6.15. The highest BCUT2D eigenvalue weighted by Crippen LogP contribution is 2.35. The van der Waals surface area contributed by atoms with E-state index in [2.05, 4.69) is 0 Å². The van der Waals surface area contributed by atoms with Crippen molar-refractivity contribution < 1.29 is 18.7 Å². The Morgan fingerprint density at radius 1 is 1.10 bits per heavy atom. The SMILES string of the molecule is O=C(c1cccc(F)c1)c1cc2c(cc1Cl)OCCCO2. The average Bonchev–Trinajstić information content (AvgIpc) is 2.70. The van der Waals surface area contributed by atoms with Gasteiger partial charge in [-0.15, -0.1) is 0 Å². The molecule has 0 radical (unpaired) electrons. The molecule has 0 bridgehead atoms. The van der Waals surface area contributed by atoms with Crippen molar-refractivity contribution in [2.45, 2.75) is 6.42 Å². The van der Waals surface area contributed by atoms with Crippen LogP contribution in [0.15, 0.2) is 36.4 Å². The van der Waals surface area contributed by atoms with Gasteiger partial charge in [-0.25, -0.2) is 4.39 Å². The van der Waals surface area contributed by atoms with E-state index in [1.54, 1.807) is 18.2 Å². The molecule has 0 aliphatic carbocycles. The number of rotatable bonds is 2. The molecule has 0 saturated carbocycles. The predicted molar refractivity (Wildman–Crippen MR) is 76.9 cm³/mol. The molecule has 0 spiro atoms. The van der Waals surface area contributed by atoms with Crippen LogP contribution >= 0.6 is 11.6 Å². The highest BCUT2D eigenvalue weighted by molar-refractivity contribution is 6.35. The highest BCUT2D eigenvalue weighted by atomic mass is 35.5. The highest BCUT2D eigenvalue weighted by Gasteiger charge is 2.19. The first-order valence-corrected chi connectivity index (χ1v) is 6.92. The lowest BCUT2D eigenvalue weighted by Gasteiger charge is -2.11. The summed E-state index contributed by atoms with van der Waals surface area (Å²) in [6.45, 7) is 1.06. The van der Waals surface area contributed by atoms with Crippen LogP contribution in [0.4, 0.5) is 4.39 Å². The van der Waals surface area contributed by atoms with Gasteiger partial charge in [-0.1, -0.05) is 23.7 Å². The van der Waals surface area contributed by atoms with Gasteiger partial charge in [-0.05, 0) is 18.2 Å². The van der Waals surface area contributed by atoms with Crippen LogP contribution in [-0.4, -0.2) is 19.0 Å². The summed E-state index contributed by atoms with van der Waals surface area (Å²) in [6.07, 6.45) is 0.763. The minimum Gasteiger partial charge on any atom is -0.490 e. The summed E-state index contributed by atoms with van der Waals surface area (Å²) in [5.74, 6) is 0.186. The quantitative estimate of drug-likeness (QED) is 0.790. The molecule has 0 fully saturated rings. The number of halogens is 2. The molecule has 1 heterocycles. The maximum absolute atomic E-state index is 13.2. The first-order chi connectivity index (χ1) is 10.1. The maximum Gasteiger partial charge on any atom is 0.194 e. The summed E-state index contributed by atoms with van der Waals surface area (Å²) in [5.41, 5.74) is 0.512. The van der Waals surface area contributed by atoms with Crippen LogP contribution in [0.1, 0.15) is 22.3 Å². The number of carbonyl (C=O) groups excluding carboxylic acids is 1. The van der Waals surface area contributed by atoms with E-state index in [4.69, 9.17) is 21.1 Å². The normalized spacial score (nSPS) is 13.6. The average molecular weight is 307 g/mol. The van der Waals surface area contributed by atoms with Crippen molar-refractivity contribution in [1.82, 2.24) is 0 Å². The van der Waals surface area contributed by atoms with Crippen molar-refractivity contribution in [2.75, 3.05) is 13.2 Å².